The van der Waals surface area contributed by atoms with Crippen LogP contribution in [0.25, 0.3) is 0 Å². The van der Waals surface area contributed by atoms with Crippen molar-refractivity contribution in [3.8, 4) is 0 Å². The van der Waals surface area contributed by atoms with Gasteiger partial charge in [0, 0.05) is 10.4 Å². The summed E-state index contributed by atoms with van der Waals surface area (Å²) < 4.78 is 34.1. The number of hydrogen-bond acceptors (Lipinski definition) is 4. The maximum atomic E-state index is 8.52. The summed E-state index contributed by atoms with van der Waals surface area (Å²) >= 11 is 0. The second-order valence-electron chi connectivity index (χ2n) is 0.408. The maximum Gasteiger partial charge on any atom is 3.00 e. The van der Waals surface area contributed by atoms with Crippen LogP contribution in [0.15, 0.2) is 0 Å². The zero-order valence-electron chi connectivity index (χ0n) is 3.12. The van der Waals surface area contributed by atoms with Crippen molar-refractivity contribution in [2.45, 2.75) is 0 Å². The fourth-order valence-electron chi connectivity index (χ4n) is 0. The van der Waals surface area contributed by atoms with E-state index in [-0.39, 0.29) is 25.3 Å². The van der Waals surface area contributed by atoms with Gasteiger partial charge >= 0.3 is 19.8 Å². The average molecular weight is 184 g/mol. The van der Waals surface area contributed by atoms with Gasteiger partial charge in [-0.25, -0.2) is 0 Å². The Morgan fingerprint density at radius 1 is 1.14 bits per heavy atom. The molecular weight excluding hydrogens is 182 g/mol. The van der Waals surface area contributed by atoms with E-state index in [1.165, 1.54) is 0 Å². The molecule has 0 aliphatic carbocycles. The van der Waals surface area contributed by atoms with E-state index in [2.05, 4.69) is 0 Å². The smallest absolute Gasteiger partial charge is 0.759 e. The third kappa shape index (κ3) is 593. The van der Waals surface area contributed by atoms with Crippen molar-refractivity contribution in [3.05, 3.63) is 0 Å². The van der Waals surface area contributed by atoms with E-state index in [9.17, 15) is 0 Å². The number of rotatable bonds is 0. The van der Waals surface area contributed by atoms with Crippen LogP contribution in [-0.2, 0) is 10.4 Å². The van der Waals surface area contributed by atoms with Crippen molar-refractivity contribution in [1.82, 2.24) is 0 Å². The molecule has 7 heavy (non-hydrogen) atoms. The maximum absolute atomic E-state index is 8.52. The van der Waals surface area contributed by atoms with Crippen molar-refractivity contribution >= 4 is 30.2 Å². The second kappa shape index (κ2) is 4.62. The molecule has 5 nitrogen and oxygen atoms in total. The van der Waals surface area contributed by atoms with E-state index in [1.807, 2.05) is 0 Å². The Labute approximate surface area is 53.7 Å². The molecule has 0 saturated carbocycles. The van der Waals surface area contributed by atoms with Crippen molar-refractivity contribution in [1.29, 1.82) is 0 Å². The van der Waals surface area contributed by atoms with Gasteiger partial charge < -0.3 is 14.6 Å². The molecule has 0 aromatic carbocycles. The largest absolute Gasteiger partial charge is 3.00 e. The molecule has 40 valence electrons. The monoisotopic (exact) mass is 183 g/mol. The Bertz CT molecular complexity index is 91.2. The van der Waals surface area contributed by atoms with Crippen LogP contribution in [0.4, 0.5) is 0 Å². The normalized spacial score (nSPS) is 8.29. The Morgan fingerprint density at radius 2 is 1.14 bits per heavy atom. The summed E-state index contributed by atoms with van der Waals surface area (Å²) in [4.78, 5) is 0. The molecule has 0 spiro atoms. The molecule has 0 fully saturated rings. The molecule has 7 heteroatoms. The van der Waals surface area contributed by atoms with Gasteiger partial charge in [0.1, 0.15) is 0 Å². The van der Waals surface area contributed by atoms with Crippen LogP contribution >= 0.6 is 0 Å². The topological polar surface area (TPSA) is 112 Å². The van der Waals surface area contributed by atoms with Crippen molar-refractivity contribution in [2.75, 3.05) is 0 Å². The van der Waals surface area contributed by atoms with Gasteiger partial charge in [-0.1, -0.05) is 0 Å². The van der Waals surface area contributed by atoms with Gasteiger partial charge in [-0.2, -0.15) is 0 Å². The van der Waals surface area contributed by atoms with Gasteiger partial charge in [0.05, 0.1) is 0 Å². The molecule has 0 rings (SSSR count). The molecule has 0 saturated heterocycles. The summed E-state index contributed by atoms with van der Waals surface area (Å²) in [6.45, 7) is 0. The van der Waals surface area contributed by atoms with E-state index in [1.54, 1.807) is 0 Å². The first-order chi connectivity index (χ1) is 2.00. The Balaban J connectivity index is -0.0000000800. The summed E-state index contributed by atoms with van der Waals surface area (Å²) in [5, 5.41) is 0. The first kappa shape index (κ1) is 15.7. The van der Waals surface area contributed by atoms with E-state index < -0.39 is 10.4 Å². The van der Waals surface area contributed by atoms with E-state index in [4.69, 9.17) is 17.5 Å². The van der Waals surface area contributed by atoms with Crippen molar-refractivity contribution in [3.63, 3.8) is 0 Å². The molecule has 0 bridgehead atoms. The van der Waals surface area contributed by atoms with Gasteiger partial charge in [-0.15, -0.1) is 0 Å². The van der Waals surface area contributed by atoms with Crippen molar-refractivity contribution in [2.24, 2.45) is 0 Å². The third-order valence-corrected chi connectivity index (χ3v) is 0. The molecule has 0 unspecified atom stereocenters. The van der Waals surface area contributed by atoms with Crippen LogP contribution in [0.5, 0.6) is 0 Å². The van der Waals surface area contributed by atoms with E-state index >= 15 is 0 Å². The minimum atomic E-state index is -5.17. The molecular formula is H2GaO5S+. The predicted octanol–water partition coefficient (Wildman–Crippen LogP) is -2.54. The molecule has 0 atom stereocenters. The van der Waals surface area contributed by atoms with Gasteiger partial charge in [-0.05, 0) is 0 Å². The first-order valence-corrected chi connectivity index (χ1v) is 2.00. The Morgan fingerprint density at radius 3 is 1.14 bits per heavy atom. The van der Waals surface area contributed by atoms with Crippen LogP contribution in [0.2, 0.25) is 0 Å². The van der Waals surface area contributed by atoms with Crippen LogP contribution in [0, 0.1) is 0 Å². The SMILES string of the molecule is O.O=S(=O)([O-])[O-].[Ga+3]. The number of hydrogen-bond donors (Lipinski definition) is 0. The first-order valence-electron chi connectivity index (χ1n) is 0.667. The van der Waals surface area contributed by atoms with Gasteiger partial charge in [0.2, 0.25) is 0 Å². The third-order valence-electron chi connectivity index (χ3n) is 0. The summed E-state index contributed by atoms with van der Waals surface area (Å²) in [6.07, 6.45) is 0. The van der Waals surface area contributed by atoms with Gasteiger partial charge in [-0.3, -0.25) is 8.42 Å². The van der Waals surface area contributed by atoms with E-state index in [0.29, 0.717) is 0 Å². The van der Waals surface area contributed by atoms with Crippen LogP contribution in [-0.4, -0.2) is 42.8 Å². The molecule has 0 aliphatic rings. The zero-order chi connectivity index (χ0) is 4.50. The summed E-state index contributed by atoms with van der Waals surface area (Å²) in [6, 6.07) is 0. The molecule has 0 aliphatic heterocycles. The second-order valence-corrected chi connectivity index (χ2v) is 1.22. The molecule has 2 N–H and O–H groups in total. The summed E-state index contributed by atoms with van der Waals surface area (Å²) in [5.41, 5.74) is 0. The standard InChI is InChI=1S/Ga.H2O4S.H2O/c;1-5(2,3)4;/h;(H2,1,2,3,4);1H2/q+3;;/p-2. The summed E-state index contributed by atoms with van der Waals surface area (Å²) in [5.74, 6) is 0. The minimum Gasteiger partial charge on any atom is -0.759 e. The van der Waals surface area contributed by atoms with Gasteiger partial charge in [0.25, 0.3) is 0 Å². The fraction of sp³-hybridized carbons (Fsp3) is 0. The Hall–Kier alpha value is 0.466. The molecule has 0 radical (unpaired) electrons. The summed E-state index contributed by atoms with van der Waals surface area (Å²) in [7, 11) is -5.17. The van der Waals surface area contributed by atoms with Crippen LogP contribution in [0.1, 0.15) is 0 Å². The van der Waals surface area contributed by atoms with E-state index in [0.717, 1.165) is 0 Å². The Kier molecular flexibility index (Phi) is 10.3. The average Bonchev–Trinajstić information content (AvgIpc) is 0.722. The predicted molar refractivity (Wildman–Crippen MR) is 19.8 cm³/mol. The minimum absolute atomic E-state index is 0. The van der Waals surface area contributed by atoms with Gasteiger partial charge in [0.15, 0.2) is 0 Å². The zero-order valence-corrected chi connectivity index (χ0v) is 6.36. The molecule has 0 amide bonds. The van der Waals surface area contributed by atoms with Crippen LogP contribution < -0.4 is 0 Å². The van der Waals surface area contributed by atoms with Crippen LogP contribution in [0.3, 0.4) is 0 Å². The molecule has 0 aromatic rings. The molecule has 0 aromatic heterocycles. The van der Waals surface area contributed by atoms with Crippen molar-refractivity contribution < 1.29 is 23.0 Å². The quantitative estimate of drug-likeness (QED) is 0.234. The fourth-order valence-corrected chi connectivity index (χ4v) is 0. The molecule has 0 heterocycles.